The SMILES string of the molecule is CCOC(=O)/N=c1\sccn1-c1ccc(OC)cc1. The van der Waals surface area contributed by atoms with Gasteiger partial charge in [0.2, 0.25) is 4.80 Å². The quantitative estimate of drug-likeness (QED) is 0.867. The third-order valence-corrected chi connectivity index (χ3v) is 3.15. The normalized spacial score (nSPS) is 11.4. The minimum atomic E-state index is -0.577. The molecule has 0 radical (unpaired) electrons. The van der Waals surface area contributed by atoms with E-state index >= 15 is 0 Å². The predicted octanol–water partition coefficient (Wildman–Crippen LogP) is 2.60. The minimum absolute atomic E-state index is 0.316. The highest BCUT2D eigenvalue weighted by atomic mass is 32.1. The molecule has 0 aliphatic heterocycles. The zero-order chi connectivity index (χ0) is 13.7. The third-order valence-electron chi connectivity index (χ3n) is 2.39. The monoisotopic (exact) mass is 278 g/mol. The van der Waals surface area contributed by atoms with Gasteiger partial charge in [-0.1, -0.05) is 0 Å². The Hall–Kier alpha value is -2.08. The van der Waals surface area contributed by atoms with E-state index < -0.39 is 6.09 Å². The van der Waals surface area contributed by atoms with Gasteiger partial charge in [0.05, 0.1) is 13.7 Å². The van der Waals surface area contributed by atoms with Crippen molar-refractivity contribution in [2.24, 2.45) is 4.99 Å². The summed E-state index contributed by atoms with van der Waals surface area (Å²) >= 11 is 1.37. The fraction of sp³-hybridized carbons (Fsp3) is 0.231. The number of rotatable bonds is 3. The highest BCUT2D eigenvalue weighted by molar-refractivity contribution is 7.07. The van der Waals surface area contributed by atoms with Crippen LogP contribution in [0.4, 0.5) is 4.79 Å². The fourth-order valence-corrected chi connectivity index (χ4v) is 2.24. The molecule has 0 aliphatic carbocycles. The van der Waals surface area contributed by atoms with Gasteiger partial charge in [-0.15, -0.1) is 16.3 Å². The molecule has 0 fully saturated rings. The number of hydrogen-bond donors (Lipinski definition) is 0. The summed E-state index contributed by atoms with van der Waals surface area (Å²) in [7, 11) is 1.62. The molecule has 0 saturated heterocycles. The summed E-state index contributed by atoms with van der Waals surface area (Å²) in [6.45, 7) is 2.07. The molecule has 2 aromatic rings. The number of ether oxygens (including phenoxy) is 2. The van der Waals surface area contributed by atoms with Crippen molar-refractivity contribution >= 4 is 17.4 Å². The van der Waals surface area contributed by atoms with Crippen LogP contribution in [-0.4, -0.2) is 24.4 Å². The Kier molecular flexibility index (Phi) is 4.35. The number of amides is 1. The van der Waals surface area contributed by atoms with Gasteiger partial charge in [-0.2, -0.15) is 0 Å². The summed E-state index contributed by atoms with van der Waals surface area (Å²) in [6, 6.07) is 7.51. The first-order valence-electron chi connectivity index (χ1n) is 5.76. The van der Waals surface area contributed by atoms with Crippen LogP contribution >= 0.6 is 11.3 Å². The van der Waals surface area contributed by atoms with Crippen molar-refractivity contribution in [1.29, 1.82) is 0 Å². The molecule has 1 aromatic carbocycles. The van der Waals surface area contributed by atoms with Gasteiger partial charge in [0.25, 0.3) is 0 Å². The van der Waals surface area contributed by atoms with Gasteiger partial charge in [-0.3, -0.25) is 4.57 Å². The minimum Gasteiger partial charge on any atom is -0.497 e. The molecule has 2 rings (SSSR count). The van der Waals surface area contributed by atoms with Crippen LogP contribution in [0.3, 0.4) is 0 Å². The molecule has 0 N–H and O–H groups in total. The summed E-state index contributed by atoms with van der Waals surface area (Å²) in [5, 5.41) is 1.86. The van der Waals surface area contributed by atoms with Crippen LogP contribution in [0.1, 0.15) is 6.92 Å². The molecule has 100 valence electrons. The Bertz CT molecular complexity index is 613. The highest BCUT2D eigenvalue weighted by Crippen LogP contribution is 2.14. The average molecular weight is 278 g/mol. The molecular weight excluding hydrogens is 264 g/mol. The number of benzene rings is 1. The van der Waals surface area contributed by atoms with E-state index in [1.165, 1.54) is 11.3 Å². The molecular formula is C13H14N2O3S. The first-order valence-corrected chi connectivity index (χ1v) is 6.64. The summed E-state index contributed by atoms with van der Waals surface area (Å²) in [6.07, 6.45) is 1.28. The van der Waals surface area contributed by atoms with Gasteiger partial charge < -0.3 is 9.47 Å². The van der Waals surface area contributed by atoms with E-state index in [-0.39, 0.29) is 0 Å². The summed E-state index contributed by atoms with van der Waals surface area (Å²) in [4.78, 5) is 15.9. The molecule has 0 bridgehead atoms. The van der Waals surface area contributed by atoms with Crippen LogP contribution in [0.15, 0.2) is 40.8 Å². The molecule has 1 aromatic heterocycles. The zero-order valence-electron chi connectivity index (χ0n) is 10.7. The van der Waals surface area contributed by atoms with Crippen LogP contribution in [0.2, 0.25) is 0 Å². The number of carbonyl (C=O) groups is 1. The number of carbonyl (C=O) groups excluding carboxylic acids is 1. The maximum Gasteiger partial charge on any atom is 0.436 e. The Morgan fingerprint density at radius 3 is 2.74 bits per heavy atom. The number of thiazole rings is 1. The lowest BCUT2D eigenvalue weighted by atomic mass is 10.3. The average Bonchev–Trinajstić information content (AvgIpc) is 2.87. The predicted molar refractivity (Wildman–Crippen MR) is 72.8 cm³/mol. The van der Waals surface area contributed by atoms with Crippen LogP contribution in [-0.2, 0) is 4.74 Å². The zero-order valence-corrected chi connectivity index (χ0v) is 11.5. The summed E-state index contributed by atoms with van der Waals surface area (Å²) in [5.41, 5.74) is 0.907. The van der Waals surface area contributed by atoms with Gasteiger partial charge in [0.1, 0.15) is 5.75 Å². The molecule has 0 atom stereocenters. The molecule has 6 heteroatoms. The number of hydrogen-bond acceptors (Lipinski definition) is 4. The lowest BCUT2D eigenvalue weighted by Gasteiger charge is -2.04. The topological polar surface area (TPSA) is 52.8 Å². The highest BCUT2D eigenvalue weighted by Gasteiger charge is 2.03. The van der Waals surface area contributed by atoms with E-state index in [2.05, 4.69) is 4.99 Å². The van der Waals surface area contributed by atoms with Gasteiger partial charge in [-0.25, -0.2) is 4.79 Å². The molecule has 0 spiro atoms. The van der Waals surface area contributed by atoms with E-state index in [9.17, 15) is 4.79 Å². The van der Waals surface area contributed by atoms with E-state index in [0.29, 0.717) is 11.4 Å². The Labute approximate surface area is 114 Å². The maximum absolute atomic E-state index is 11.4. The largest absolute Gasteiger partial charge is 0.497 e. The van der Waals surface area contributed by atoms with Gasteiger partial charge >= 0.3 is 6.09 Å². The van der Waals surface area contributed by atoms with Crippen LogP contribution in [0.5, 0.6) is 5.75 Å². The molecule has 1 amide bonds. The molecule has 0 unspecified atom stereocenters. The second kappa shape index (κ2) is 6.19. The number of methoxy groups -OCH3 is 1. The fourth-order valence-electron chi connectivity index (χ4n) is 1.53. The second-order valence-electron chi connectivity index (χ2n) is 3.56. The van der Waals surface area contributed by atoms with Crippen molar-refractivity contribution in [2.45, 2.75) is 6.92 Å². The van der Waals surface area contributed by atoms with Crippen molar-refractivity contribution < 1.29 is 14.3 Å². The van der Waals surface area contributed by atoms with Crippen molar-refractivity contribution in [3.8, 4) is 11.4 Å². The maximum atomic E-state index is 11.4. The molecule has 5 nitrogen and oxygen atoms in total. The van der Waals surface area contributed by atoms with Crippen molar-refractivity contribution in [1.82, 2.24) is 4.57 Å². The Morgan fingerprint density at radius 2 is 2.11 bits per heavy atom. The van der Waals surface area contributed by atoms with Crippen molar-refractivity contribution in [2.75, 3.05) is 13.7 Å². The standard InChI is InChI=1S/C13H14N2O3S/c1-3-18-13(16)14-12-15(8-9-19-12)10-4-6-11(17-2)7-5-10/h4-9H,3H2,1-2H3/b14-12-. The Morgan fingerprint density at radius 1 is 1.37 bits per heavy atom. The molecule has 0 aliphatic rings. The molecule has 1 heterocycles. The first-order chi connectivity index (χ1) is 9.24. The third kappa shape index (κ3) is 3.23. The first kappa shape index (κ1) is 13.4. The second-order valence-corrected chi connectivity index (χ2v) is 4.44. The lowest BCUT2D eigenvalue weighted by molar-refractivity contribution is 0.162. The van der Waals surface area contributed by atoms with Gasteiger partial charge in [0, 0.05) is 17.3 Å². The van der Waals surface area contributed by atoms with E-state index in [1.54, 1.807) is 14.0 Å². The summed E-state index contributed by atoms with van der Waals surface area (Å²) < 4.78 is 11.7. The van der Waals surface area contributed by atoms with Crippen molar-refractivity contribution in [3.05, 3.63) is 40.6 Å². The Balaban J connectivity index is 2.35. The van der Waals surface area contributed by atoms with E-state index in [1.807, 2.05) is 40.4 Å². The van der Waals surface area contributed by atoms with Crippen molar-refractivity contribution in [3.63, 3.8) is 0 Å². The molecule has 0 saturated carbocycles. The lowest BCUT2D eigenvalue weighted by Crippen LogP contribution is -2.15. The van der Waals surface area contributed by atoms with Gasteiger partial charge in [0.15, 0.2) is 0 Å². The number of aromatic nitrogens is 1. The van der Waals surface area contributed by atoms with Crippen LogP contribution in [0, 0.1) is 0 Å². The van der Waals surface area contributed by atoms with Crippen LogP contribution < -0.4 is 9.54 Å². The van der Waals surface area contributed by atoms with Crippen LogP contribution in [0.25, 0.3) is 5.69 Å². The number of nitrogens with zero attached hydrogens (tertiary/aromatic N) is 2. The molecule has 19 heavy (non-hydrogen) atoms. The van der Waals surface area contributed by atoms with Gasteiger partial charge in [-0.05, 0) is 31.2 Å². The van der Waals surface area contributed by atoms with E-state index in [0.717, 1.165) is 11.4 Å². The summed E-state index contributed by atoms with van der Waals surface area (Å²) in [5.74, 6) is 0.781. The smallest absolute Gasteiger partial charge is 0.436 e. The van der Waals surface area contributed by atoms with E-state index in [4.69, 9.17) is 9.47 Å².